The van der Waals surface area contributed by atoms with E-state index in [2.05, 4.69) is 16.9 Å². The third-order valence-electron chi connectivity index (χ3n) is 4.63. The Bertz CT molecular complexity index is 883. The van der Waals surface area contributed by atoms with Gasteiger partial charge in [0.1, 0.15) is 17.3 Å². The Balaban J connectivity index is 1.58. The van der Waals surface area contributed by atoms with Crippen molar-refractivity contribution >= 4 is 11.6 Å². The first-order chi connectivity index (χ1) is 13.2. The molecule has 0 spiro atoms. The van der Waals surface area contributed by atoms with Gasteiger partial charge in [-0.05, 0) is 42.8 Å². The van der Waals surface area contributed by atoms with Crippen LogP contribution in [0, 0.1) is 0 Å². The van der Waals surface area contributed by atoms with Gasteiger partial charge in [-0.25, -0.2) is 4.98 Å². The molecule has 0 bridgehead atoms. The molecule has 0 aliphatic carbocycles. The number of imidazole rings is 1. The SMILES string of the molecule is CCC1COC(Cc2ncc[nH]2)(c2ccc(Oc3ccccc3Cl)cc2)O1. The van der Waals surface area contributed by atoms with Crippen LogP contribution in [0.15, 0.2) is 60.9 Å². The lowest BCUT2D eigenvalue weighted by molar-refractivity contribution is -0.177. The van der Waals surface area contributed by atoms with E-state index in [0.717, 1.165) is 17.8 Å². The number of nitrogens with one attached hydrogen (secondary N) is 1. The van der Waals surface area contributed by atoms with E-state index in [-0.39, 0.29) is 6.10 Å². The van der Waals surface area contributed by atoms with Crippen molar-refractivity contribution in [3.63, 3.8) is 0 Å². The standard InChI is InChI=1S/C21H21ClN2O3/c1-2-16-14-25-21(27-16,13-20-23-11-12-24-20)15-7-9-17(10-8-15)26-19-6-4-3-5-18(19)22/h3-12,16H,2,13-14H2,1H3,(H,23,24). The normalized spacial score (nSPS) is 22.1. The summed E-state index contributed by atoms with van der Waals surface area (Å²) in [5, 5.41) is 0.573. The molecule has 4 rings (SSSR count). The van der Waals surface area contributed by atoms with Crippen molar-refractivity contribution in [2.24, 2.45) is 0 Å². The molecule has 0 radical (unpaired) electrons. The van der Waals surface area contributed by atoms with Gasteiger partial charge in [-0.3, -0.25) is 0 Å². The Hall–Kier alpha value is -2.34. The molecule has 1 N–H and O–H groups in total. The predicted octanol–water partition coefficient (Wildman–Crippen LogP) is 5.08. The van der Waals surface area contributed by atoms with Crippen molar-refractivity contribution in [3.05, 3.63) is 77.3 Å². The largest absolute Gasteiger partial charge is 0.456 e. The predicted molar refractivity (Wildman–Crippen MR) is 103 cm³/mol. The van der Waals surface area contributed by atoms with Crippen molar-refractivity contribution < 1.29 is 14.2 Å². The van der Waals surface area contributed by atoms with E-state index in [1.165, 1.54) is 0 Å². The van der Waals surface area contributed by atoms with Crippen LogP contribution in [0.2, 0.25) is 5.02 Å². The Labute approximate surface area is 163 Å². The number of aromatic nitrogens is 2. The molecule has 2 unspecified atom stereocenters. The second kappa shape index (κ2) is 7.72. The number of para-hydroxylation sites is 1. The number of H-pyrrole nitrogens is 1. The topological polar surface area (TPSA) is 56.4 Å². The van der Waals surface area contributed by atoms with E-state index >= 15 is 0 Å². The molecule has 2 atom stereocenters. The molecule has 2 aromatic carbocycles. The van der Waals surface area contributed by atoms with E-state index in [9.17, 15) is 0 Å². The van der Waals surface area contributed by atoms with Crippen LogP contribution in [0.25, 0.3) is 0 Å². The maximum Gasteiger partial charge on any atom is 0.202 e. The summed E-state index contributed by atoms with van der Waals surface area (Å²) in [4.78, 5) is 7.46. The quantitative estimate of drug-likeness (QED) is 0.644. The lowest BCUT2D eigenvalue weighted by atomic mass is 10.0. The molecule has 0 saturated carbocycles. The van der Waals surface area contributed by atoms with Gasteiger partial charge in [0.05, 0.1) is 24.2 Å². The zero-order chi connectivity index (χ0) is 18.7. The maximum absolute atomic E-state index is 6.29. The molecule has 3 aromatic rings. The molecule has 1 aliphatic heterocycles. The van der Waals surface area contributed by atoms with Crippen molar-refractivity contribution in [2.75, 3.05) is 6.61 Å². The summed E-state index contributed by atoms with van der Waals surface area (Å²) < 4.78 is 18.3. The van der Waals surface area contributed by atoms with Crippen LogP contribution in [-0.4, -0.2) is 22.7 Å². The minimum absolute atomic E-state index is 0.0685. The first-order valence-corrected chi connectivity index (χ1v) is 9.39. The monoisotopic (exact) mass is 384 g/mol. The molecule has 6 heteroatoms. The van der Waals surface area contributed by atoms with Crippen LogP contribution in [0.4, 0.5) is 0 Å². The van der Waals surface area contributed by atoms with Crippen LogP contribution in [0.5, 0.6) is 11.5 Å². The first-order valence-electron chi connectivity index (χ1n) is 9.01. The summed E-state index contributed by atoms with van der Waals surface area (Å²) in [5.41, 5.74) is 0.932. The first kappa shape index (κ1) is 18.0. The third kappa shape index (κ3) is 3.86. The van der Waals surface area contributed by atoms with Crippen molar-refractivity contribution in [3.8, 4) is 11.5 Å². The van der Waals surface area contributed by atoms with Crippen LogP contribution >= 0.6 is 11.6 Å². The number of rotatable bonds is 6. The molecule has 5 nitrogen and oxygen atoms in total. The van der Waals surface area contributed by atoms with Gasteiger partial charge < -0.3 is 19.2 Å². The van der Waals surface area contributed by atoms with Gasteiger partial charge >= 0.3 is 0 Å². The van der Waals surface area contributed by atoms with Gasteiger partial charge in [0.25, 0.3) is 0 Å². The number of benzene rings is 2. The number of hydrogen-bond acceptors (Lipinski definition) is 4. The molecule has 1 aliphatic rings. The zero-order valence-electron chi connectivity index (χ0n) is 15.0. The summed E-state index contributed by atoms with van der Waals surface area (Å²) in [6.07, 6.45) is 5.01. The van der Waals surface area contributed by atoms with Crippen LogP contribution in [0.3, 0.4) is 0 Å². The summed E-state index contributed by atoms with van der Waals surface area (Å²) in [6, 6.07) is 15.1. The van der Waals surface area contributed by atoms with Gasteiger partial charge in [-0.15, -0.1) is 0 Å². The molecule has 140 valence electrons. The van der Waals surface area contributed by atoms with Crippen LogP contribution in [0.1, 0.15) is 24.7 Å². The molecule has 27 heavy (non-hydrogen) atoms. The minimum atomic E-state index is -0.846. The van der Waals surface area contributed by atoms with E-state index in [0.29, 0.717) is 29.5 Å². The minimum Gasteiger partial charge on any atom is -0.456 e. The Morgan fingerprint density at radius 3 is 2.70 bits per heavy atom. The molecular weight excluding hydrogens is 364 g/mol. The highest BCUT2D eigenvalue weighted by Gasteiger charge is 2.43. The molecule has 1 fully saturated rings. The van der Waals surface area contributed by atoms with E-state index < -0.39 is 5.79 Å². The highest BCUT2D eigenvalue weighted by Crippen LogP contribution is 2.39. The zero-order valence-corrected chi connectivity index (χ0v) is 15.8. The van der Waals surface area contributed by atoms with Crippen molar-refractivity contribution in [1.29, 1.82) is 0 Å². The average molecular weight is 385 g/mol. The lowest BCUT2D eigenvalue weighted by Crippen LogP contribution is -2.31. The van der Waals surface area contributed by atoms with E-state index in [1.54, 1.807) is 18.5 Å². The smallest absolute Gasteiger partial charge is 0.202 e. The summed E-state index contributed by atoms with van der Waals surface area (Å²) in [6.45, 7) is 2.66. The number of halogens is 1. The van der Waals surface area contributed by atoms with Gasteiger partial charge in [0, 0.05) is 18.0 Å². The molecule has 2 heterocycles. The molecular formula is C21H21ClN2O3. The highest BCUT2D eigenvalue weighted by atomic mass is 35.5. The van der Waals surface area contributed by atoms with E-state index in [1.807, 2.05) is 42.5 Å². The fourth-order valence-corrected chi connectivity index (χ4v) is 3.33. The molecule has 1 aromatic heterocycles. The fourth-order valence-electron chi connectivity index (χ4n) is 3.16. The second-order valence-corrected chi connectivity index (χ2v) is 6.89. The number of hydrogen-bond donors (Lipinski definition) is 1. The second-order valence-electron chi connectivity index (χ2n) is 6.48. The Kier molecular flexibility index (Phi) is 5.16. The van der Waals surface area contributed by atoms with Crippen LogP contribution in [-0.2, 0) is 21.7 Å². The lowest BCUT2D eigenvalue weighted by Gasteiger charge is -2.28. The Morgan fingerprint density at radius 2 is 2.04 bits per heavy atom. The van der Waals surface area contributed by atoms with Crippen molar-refractivity contribution in [1.82, 2.24) is 9.97 Å². The maximum atomic E-state index is 6.29. The average Bonchev–Trinajstić information content (AvgIpc) is 3.35. The summed E-state index contributed by atoms with van der Waals surface area (Å²) >= 11 is 6.17. The number of ether oxygens (including phenoxy) is 3. The van der Waals surface area contributed by atoms with Crippen LogP contribution < -0.4 is 4.74 Å². The summed E-state index contributed by atoms with van der Waals surface area (Å²) in [5.74, 6) is 1.30. The van der Waals surface area contributed by atoms with Crippen molar-refractivity contribution in [2.45, 2.75) is 31.7 Å². The number of nitrogens with zero attached hydrogens (tertiary/aromatic N) is 1. The van der Waals surface area contributed by atoms with Gasteiger partial charge in [-0.1, -0.05) is 30.7 Å². The highest BCUT2D eigenvalue weighted by molar-refractivity contribution is 6.32. The van der Waals surface area contributed by atoms with E-state index in [4.69, 9.17) is 25.8 Å². The van der Waals surface area contributed by atoms with Gasteiger partial charge in [0.2, 0.25) is 5.79 Å². The van der Waals surface area contributed by atoms with Gasteiger partial charge in [0.15, 0.2) is 0 Å². The molecule has 0 amide bonds. The summed E-state index contributed by atoms with van der Waals surface area (Å²) in [7, 11) is 0. The third-order valence-corrected chi connectivity index (χ3v) is 4.94. The van der Waals surface area contributed by atoms with Gasteiger partial charge in [-0.2, -0.15) is 0 Å². The number of aromatic amines is 1. The molecule has 1 saturated heterocycles. The fraction of sp³-hybridized carbons (Fsp3) is 0.286. The Morgan fingerprint density at radius 1 is 1.22 bits per heavy atom.